The van der Waals surface area contributed by atoms with E-state index in [4.69, 9.17) is 4.74 Å². The SMILES string of the molecule is COc1ccc2c(C#N)c(C3N=CC=CN3C(CF)CF)n(C3CCCCC3)c2c1. The molecule has 0 amide bonds. The van der Waals surface area contributed by atoms with Crippen molar-refractivity contribution < 1.29 is 13.5 Å². The molecule has 0 spiro atoms. The molecule has 1 fully saturated rings. The average molecular weight is 412 g/mol. The highest BCUT2D eigenvalue weighted by Gasteiger charge is 2.34. The first-order valence-electron chi connectivity index (χ1n) is 10.4. The molecule has 30 heavy (non-hydrogen) atoms. The first kappa shape index (κ1) is 20.4. The maximum Gasteiger partial charge on any atom is 0.163 e. The van der Waals surface area contributed by atoms with E-state index in [-0.39, 0.29) is 6.04 Å². The number of methoxy groups -OCH3 is 1. The van der Waals surface area contributed by atoms with Crippen LogP contribution in [0.3, 0.4) is 0 Å². The minimum absolute atomic E-state index is 0.211. The van der Waals surface area contributed by atoms with Crippen molar-refractivity contribution in [1.29, 1.82) is 5.26 Å². The number of nitriles is 1. The molecule has 1 aliphatic carbocycles. The third-order valence-electron chi connectivity index (χ3n) is 6.18. The van der Waals surface area contributed by atoms with Crippen molar-refractivity contribution in [3.63, 3.8) is 0 Å². The van der Waals surface area contributed by atoms with Crippen molar-refractivity contribution in [1.82, 2.24) is 9.47 Å². The molecule has 1 aromatic heterocycles. The summed E-state index contributed by atoms with van der Waals surface area (Å²) in [5.74, 6) is 0.711. The van der Waals surface area contributed by atoms with Gasteiger partial charge in [0.2, 0.25) is 0 Å². The van der Waals surface area contributed by atoms with Crippen LogP contribution in [0.15, 0.2) is 35.5 Å². The number of halogens is 2. The van der Waals surface area contributed by atoms with Crippen LogP contribution in [-0.4, -0.2) is 42.2 Å². The van der Waals surface area contributed by atoms with E-state index in [2.05, 4.69) is 15.6 Å². The van der Waals surface area contributed by atoms with Gasteiger partial charge in [-0.3, -0.25) is 4.99 Å². The zero-order chi connectivity index (χ0) is 21.1. The van der Waals surface area contributed by atoms with E-state index >= 15 is 0 Å². The first-order chi connectivity index (χ1) is 14.7. The van der Waals surface area contributed by atoms with Crippen LogP contribution >= 0.6 is 0 Å². The molecule has 1 aromatic carbocycles. The highest BCUT2D eigenvalue weighted by Crippen LogP contribution is 2.42. The van der Waals surface area contributed by atoms with Crippen LogP contribution in [0.5, 0.6) is 5.75 Å². The topological polar surface area (TPSA) is 53.5 Å². The van der Waals surface area contributed by atoms with Gasteiger partial charge in [0.1, 0.15) is 25.2 Å². The van der Waals surface area contributed by atoms with Gasteiger partial charge in [0.15, 0.2) is 6.17 Å². The summed E-state index contributed by atoms with van der Waals surface area (Å²) in [7, 11) is 1.62. The smallest absolute Gasteiger partial charge is 0.163 e. The number of fused-ring (bicyclic) bond motifs is 1. The summed E-state index contributed by atoms with van der Waals surface area (Å²) in [6.07, 6.45) is 9.77. The number of allylic oxidation sites excluding steroid dienone is 1. The number of rotatable bonds is 6. The Kier molecular flexibility index (Phi) is 6.03. The quantitative estimate of drug-likeness (QED) is 0.653. The molecular formula is C23H26F2N4O. The number of ether oxygens (including phenoxy) is 1. The lowest BCUT2D eigenvalue weighted by molar-refractivity contribution is 0.141. The average Bonchev–Trinajstić information content (AvgIpc) is 3.14. The standard InChI is InChI=1S/C23H26F2N4O/c1-30-18-8-9-19-20(15-26)22(23-27-10-5-11-28(23)17(13-24)14-25)29(21(19)12-18)16-6-3-2-4-7-16/h5,8-12,16-17,23H,2-4,6-7,13-14H2,1H3. The molecule has 1 unspecified atom stereocenters. The molecule has 1 saturated carbocycles. The summed E-state index contributed by atoms with van der Waals surface area (Å²) < 4.78 is 34.9. The first-order valence-corrected chi connectivity index (χ1v) is 10.4. The van der Waals surface area contributed by atoms with Gasteiger partial charge in [-0.15, -0.1) is 0 Å². The molecule has 2 aromatic rings. The lowest BCUT2D eigenvalue weighted by Gasteiger charge is -2.36. The fraction of sp³-hybridized carbons (Fsp3) is 0.478. The van der Waals surface area contributed by atoms with Crippen LogP contribution in [-0.2, 0) is 0 Å². The Balaban J connectivity index is 1.96. The van der Waals surface area contributed by atoms with E-state index in [0.29, 0.717) is 17.0 Å². The van der Waals surface area contributed by atoms with Crippen molar-refractivity contribution in [2.24, 2.45) is 4.99 Å². The second kappa shape index (κ2) is 8.86. The van der Waals surface area contributed by atoms with Crippen LogP contribution in [0.25, 0.3) is 10.9 Å². The van der Waals surface area contributed by atoms with E-state index in [9.17, 15) is 14.0 Å². The number of hydrogen-bond donors (Lipinski definition) is 0. The van der Waals surface area contributed by atoms with Crippen LogP contribution in [0.1, 0.15) is 55.6 Å². The number of hydrogen-bond acceptors (Lipinski definition) is 4. The lowest BCUT2D eigenvalue weighted by atomic mass is 9.94. The normalized spacial score (nSPS) is 19.6. The van der Waals surface area contributed by atoms with Crippen LogP contribution in [0, 0.1) is 11.3 Å². The predicted octanol–water partition coefficient (Wildman–Crippen LogP) is 5.23. The zero-order valence-corrected chi connectivity index (χ0v) is 17.1. The zero-order valence-electron chi connectivity index (χ0n) is 17.1. The Morgan fingerprint density at radius 1 is 1.23 bits per heavy atom. The van der Waals surface area contributed by atoms with E-state index in [1.54, 1.807) is 30.5 Å². The summed E-state index contributed by atoms with van der Waals surface area (Å²) in [6, 6.07) is 7.30. The van der Waals surface area contributed by atoms with Crippen molar-refractivity contribution in [2.75, 3.05) is 20.5 Å². The Morgan fingerprint density at radius 2 is 2.00 bits per heavy atom. The summed E-state index contributed by atoms with van der Waals surface area (Å²) in [6.45, 7) is -1.65. The predicted molar refractivity (Wildman–Crippen MR) is 113 cm³/mol. The van der Waals surface area contributed by atoms with Gasteiger partial charge in [0.25, 0.3) is 0 Å². The second-order valence-corrected chi connectivity index (χ2v) is 7.84. The highest BCUT2D eigenvalue weighted by atomic mass is 19.1. The molecule has 0 bridgehead atoms. The number of aromatic nitrogens is 1. The van der Waals surface area contributed by atoms with Gasteiger partial charge in [0, 0.05) is 29.9 Å². The maximum absolute atomic E-state index is 13.6. The molecule has 0 saturated heterocycles. The van der Waals surface area contributed by atoms with Gasteiger partial charge in [0.05, 0.1) is 29.9 Å². The molecule has 1 atom stereocenters. The van der Waals surface area contributed by atoms with E-state index < -0.39 is 25.6 Å². The van der Waals surface area contributed by atoms with Gasteiger partial charge in [-0.05, 0) is 31.1 Å². The number of nitrogens with zero attached hydrogens (tertiary/aromatic N) is 4. The monoisotopic (exact) mass is 412 g/mol. The number of alkyl halides is 2. The van der Waals surface area contributed by atoms with Crippen LogP contribution < -0.4 is 4.74 Å². The van der Waals surface area contributed by atoms with E-state index in [1.807, 2.05) is 18.2 Å². The third-order valence-corrected chi connectivity index (χ3v) is 6.18. The molecule has 2 aliphatic rings. The Labute approximate surface area is 175 Å². The molecule has 1 aliphatic heterocycles. The summed E-state index contributed by atoms with van der Waals surface area (Å²) >= 11 is 0. The minimum Gasteiger partial charge on any atom is -0.497 e. The molecule has 0 radical (unpaired) electrons. The highest BCUT2D eigenvalue weighted by molar-refractivity contribution is 5.90. The molecule has 5 nitrogen and oxygen atoms in total. The number of benzene rings is 1. The van der Waals surface area contributed by atoms with E-state index in [0.717, 1.165) is 36.6 Å². The van der Waals surface area contributed by atoms with Crippen molar-refractivity contribution >= 4 is 17.1 Å². The minimum atomic E-state index is -0.942. The fourth-order valence-corrected chi connectivity index (χ4v) is 4.70. The van der Waals surface area contributed by atoms with Gasteiger partial charge < -0.3 is 14.2 Å². The molecule has 2 heterocycles. The third kappa shape index (κ3) is 3.45. The van der Waals surface area contributed by atoms with Gasteiger partial charge in [-0.1, -0.05) is 19.3 Å². The number of aliphatic imine (C=N–C) groups is 1. The van der Waals surface area contributed by atoms with Crippen LogP contribution in [0.4, 0.5) is 8.78 Å². The molecular weight excluding hydrogens is 386 g/mol. The Hall–Kier alpha value is -2.88. The molecule has 0 N–H and O–H groups in total. The molecule has 4 rings (SSSR count). The maximum atomic E-state index is 13.6. The summed E-state index contributed by atoms with van der Waals surface area (Å²) in [4.78, 5) is 6.18. The second-order valence-electron chi connectivity index (χ2n) is 7.84. The molecule has 7 heteroatoms. The molecule has 158 valence electrons. The Morgan fingerprint density at radius 3 is 2.67 bits per heavy atom. The van der Waals surface area contributed by atoms with Crippen molar-refractivity contribution in [3.8, 4) is 11.8 Å². The van der Waals surface area contributed by atoms with Crippen molar-refractivity contribution in [3.05, 3.63) is 41.7 Å². The largest absolute Gasteiger partial charge is 0.497 e. The van der Waals surface area contributed by atoms with Gasteiger partial charge in [-0.2, -0.15) is 5.26 Å². The van der Waals surface area contributed by atoms with Crippen LogP contribution in [0.2, 0.25) is 0 Å². The van der Waals surface area contributed by atoms with E-state index in [1.165, 1.54) is 6.42 Å². The van der Waals surface area contributed by atoms with Gasteiger partial charge >= 0.3 is 0 Å². The summed E-state index contributed by atoms with van der Waals surface area (Å²) in [5, 5.41) is 10.9. The lowest BCUT2D eigenvalue weighted by Crippen LogP contribution is -2.39. The Bertz CT molecular complexity index is 997. The van der Waals surface area contributed by atoms with Crippen molar-refractivity contribution in [2.45, 2.75) is 50.4 Å². The summed E-state index contributed by atoms with van der Waals surface area (Å²) in [5.41, 5.74) is 2.13. The fourth-order valence-electron chi connectivity index (χ4n) is 4.70. The van der Waals surface area contributed by atoms with Gasteiger partial charge in [-0.25, -0.2) is 8.78 Å².